The highest BCUT2D eigenvalue weighted by atomic mass is 16.2. The highest BCUT2D eigenvalue weighted by molar-refractivity contribution is 5.95. The largest absolute Gasteiger partial charge is 0.343 e. The number of nitrogens with zero attached hydrogens (tertiary/aromatic N) is 3. The van der Waals surface area contributed by atoms with Crippen LogP contribution in [0.25, 0.3) is 34.2 Å². The summed E-state index contributed by atoms with van der Waals surface area (Å²) in [7, 11) is 0. The molecule has 1 aliphatic carbocycles. The van der Waals surface area contributed by atoms with E-state index in [0.717, 1.165) is 24.0 Å². The first-order chi connectivity index (χ1) is 14.1. The van der Waals surface area contributed by atoms with Crippen molar-refractivity contribution in [2.75, 3.05) is 0 Å². The second-order valence-corrected chi connectivity index (χ2v) is 7.27. The number of hydrogen-bond donors (Lipinski definition) is 2. The number of aromatic amines is 2. The normalized spacial score (nSPS) is 13.6. The van der Waals surface area contributed by atoms with Crippen molar-refractivity contribution < 1.29 is 4.79 Å². The van der Waals surface area contributed by atoms with E-state index in [2.05, 4.69) is 15.2 Å². The number of carbonyl (C=O) groups is 1. The lowest BCUT2D eigenvalue weighted by molar-refractivity contribution is 0.101. The fourth-order valence-electron chi connectivity index (χ4n) is 3.51. The van der Waals surface area contributed by atoms with Crippen molar-refractivity contribution in [1.82, 2.24) is 24.7 Å². The zero-order valence-corrected chi connectivity index (χ0v) is 15.8. The zero-order valence-electron chi connectivity index (χ0n) is 15.8. The van der Waals surface area contributed by atoms with Gasteiger partial charge in [-0.2, -0.15) is 5.10 Å². The van der Waals surface area contributed by atoms with Crippen LogP contribution in [0.15, 0.2) is 59.4 Å². The Bertz CT molecular complexity index is 1260. The van der Waals surface area contributed by atoms with E-state index in [-0.39, 0.29) is 17.5 Å². The predicted molar refractivity (Wildman–Crippen MR) is 110 cm³/mol. The first-order valence-electron chi connectivity index (χ1n) is 9.56. The summed E-state index contributed by atoms with van der Waals surface area (Å²) in [6.07, 6.45) is 1.92. The maximum atomic E-state index is 12.3. The average Bonchev–Trinajstić information content (AvgIpc) is 3.36. The second kappa shape index (κ2) is 6.70. The molecular weight excluding hydrogens is 366 g/mol. The number of imidazole rings is 1. The number of rotatable bonds is 5. The fourth-order valence-corrected chi connectivity index (χ4v) is 3.51. The molecule has 0 aliphatic heterocycles. The first-order valence-corrected chi connectivity index (χ1v) is 9.56. The third-order valence-electron chi connectivity index (χ3n) is 5.13. The number of benzene rings is 2. The van der Waals surface area contributed by atoms with Gasteiger partial charge in [-0.15, -0.1) is 0 Å². The predicted octanol–water partition coefficient (Wildman–Crippen LogP) is 3.83. The van der Waals surface area contributed by atoms with E-state index in [9.17, 15) is 9.59 Å². The summed E-state index contributed by atoms with van der Waals surface area (Å²) >= 11 is 0. The molecule has 1 saturated carbocycles. The molecule has 144 valence electrons. The van der Waals surface area contributed by atoms with Crippen molar-refractivity contribution in [1.29, 1.82) is 0 Å². The van der Waals surface area contributed by atoms with Crippen LogP contribution in [0.5, 0.6) is 0 Å². The van der Waals surface area contributed by atoms with E-state index in [0.29, 0.717) is 28.6 Å². The summed E-state index contributed by atoms with van der Waals surface area (Å²) in [6, 6.07) is 17.3. The molecule has 0 spiro atoms. The highest BCUT2D eigenvalue weighted by Gasteiger charge is 2.31. The van der Waals surface area contributed by atoms with Gasteiger partial charge in [0.25, 0.3) is 0 Å². The number of nitrogens with one attached hydrogen (secondary N) is 2. The van der Waals surface area contributed by atoms with Gasteiger partial charge in [0.2, 0.25) is 0 Å². The topological polar surface area (TPSA) is 96.4 Å². The molecule has 2 N–H and O–H groups in total. The van der Waals surface area contributed by atoms with Gasteiger partial charge in [0.05, 0.1) is 0 Å². The summed E-state index contributed by atoms with van der Waals surface area (Å²) in [4.78, 5) is 32.4. The minimum atomic E-state index is -0.221. The van der Waals surface area contributed by atoms with Gasteiger partial charge in [0.1, 0.15) is 17.2 Å². The van der Waals surface area contributed by atoms with Gasteiger partial charge >= 0.3 is 5.69 Å². The van der Waals surface area contributed by atoms with Crippen LogP contribution >= 0.6 is 0 Å². The summed E-state index contributed by atoms with van der Waals surface area (Å²) in [5.41, 5.74) is 3.44. The number of hydrogen-bond acceptors (Lipinski definition) is 4. The van der Waals surface area contributed by atoms with Crippen molar-refractivity contribution in [3.8, 4) is 34.2 Å². The van der Waals surface area contributed by atoms with Crippen LogP contribution in [-0.2, 0) is 0 Å². The Labute approximate surface area is 166 Å². The van der Waals surface area contributed by atoms with Gasteiger partial charge in [-0.05, 0) is 25.8 Å². The van der Waals surface area contributed by atoms with Crippen LogP contribution in [0.3, 0.4) is 0 Å². The molecule has 0 unspecified atom stereocenters. The van der Waals surface area contributed by atoms with Crippen LogP contribution in [0.1, 0.15) is 36.2 Å². The smallest absolute Gasteiger partial charge is 0.335 e. The molecule has 0 saturated heterocycles. The second-order valence-electron chi connectivity index (χ2n) is 7.27. The molecule has 5 rings (SSSR count). The molecule has 0 amide bonds. The molecule has 2 aromatic carbocycles. The molecule has 0 atom stereocenters. The number of Topliss-reactive ketones (excluding diaryl/α,β-unsaturated/α-hetero) is 1. The molecule has 1 fully saturated rings. The summed E-state index contributed by atoms with van der Waals surface area (Å²) in [5.74, 6) is 1.21. The summed E-state index contributed by atoms with van der Waals surface area (Å²) in [6.45, 7) is 1.54. The lowest BCUT2D eigenvalue weighted by Gasteiger charge is -2.05. The first kappa shape index (κ1) is 17.4. The van der Waals surface area contributed by atoms with Gasteiger partial charge < -0.3 is 4.98 Å². The summed E-state index contributed by atoms with van der Waals surface area (Å²) in [5, 5.41) is 6.86. The Morgan fingerprint density at radius 3 is 2.55 bits per heavy atom. The van der Waals surface area contributed by atoms with Crippen LogP contribution in [0.2, 0.25) is 0 Å². The SMILES string of the molecule is CC(=O)c1cccc(-c2nc(-c3ccccc3)[nH]c2-c2n[nH]c(=O)n2C2CC2)c1. The standard InChI is InChI=1S/C22H19N5O2/c1-13(28)15-8-5-9-16(12-15)18-19(21-25-26-22(29)27(21)17-10-11-17)24-20(23-18)14-6-3-2-4-7-14/h2-9,12,17H,10-11H2,1H3,(H,23,24)(H,26,29). The Morgan fingerprint density at radius 1 is 1.07 bits per heavy atom. The van der Waals surface area contributed by atoms with E-state index in [1.807, 2.05) is 48.5 Å². The lowest BCUT2D eigenvalue weighted by atomic mass is 10.0. The molecule has 2 aromatic heterocycles. The fraction of sp³-hybridized carbons (Fsp3) is 0.182. The van der Waals surface area contributed by atoms with E-state index in [1.54, 1.807) is 17.6 Å². The number of ketones is 1. The van der Waals surface area contributed by atoms with Crippen molar-refractivity contribution in [3.05, 3.63) is 70.6 Å². The van der Waals surface area contributed by atoms with Gasteiger partial charge in [0, 0.05) is 22.7 Å². The van der Waals surface area contributed by atoms with E-state index in [4.69, 9.17) is 4.98 Å². The molecule has 7 nitrogen and oxygen atoms in total. The van der Waals surface area contributed by atoms with Gasteiger partial charge in [0.15, 0.2) is 11.6 Å². The Hall–Kier alpha value is -3.74. The van der Waals surface area contributed by atoms with Crippen molar-refractivity contribution in [2.45, 2.75) is 25.8 Å². The molecule has 29 heavy (non-hydrogen) atoms. The van der Waals surface area contributed by atoms with E-state index in [1.165, 1.54) is 0 Å². The molecule has 1 aliphatic rings. The molecule has 2 heterocycles. The lowest BCUT2D eigenvalue weighted by Crippen LogP contribution is -2.16. The molecule has 4 aromatic rings. The third kappa shape index (κ3) is 3.10. The van der Waals surface area contributed by atoms with Crippen molar-refractivity contribution in [2.24, 2.45) is 0 Å². The summed E-state index contributed by atoms with van der Waals surface area (Å²) < 4.78 is 1.70. The Balaban J connectivity index is 1.73. The average molecular weight is 385 g/mol. The zero-order chi connectivity index (χ0) is 20.0. The monoisotopic (exact) mass is 385 g/mol. The maximum absolute atomic E-state index is 12.3. The minimum absolute atomic E-state index is 0.0122. The minimum Gasteiger partial charge on any atom is -0.335 e. The highest BCUT2D eigenvalue weighted by Crippen LogP contribution is 2.38. The van der Waals surface area contributed by atoms with Gasteiger partial charge in [-0.25, -0.2) is 14.9 Å². The number of carbonyl (C=O) groups excluding carboxylic acids is 1. The van der Waals surface area contributed by atoms with Crippen LogP contribution in [-0.4, -0.2) is 30.5 Å². The van der Waals surface area contributed by atoms with E-state index < -0.39 is 0 Å². The number of aromatic nitrogens is 5. The molecule has 0 radical (unpaired) electrons. The molecule has 0 bridgehead atoms. The molecule has 7 heteroatoms. The number of H-pyrrole nitrogens is 2. The third-order valence-corrected chi connectivity index (χ3v) is 5.13. The van der Waals surface area contributed by atoms with Gasteiger partial charge in [-0.1, -0.05) is 48.5 Å². The Morgan fingerprint density at radius 2 is 1.83 bits per heavy atom. The maximum Gasteiger partial charge on any atom is 0.343 e. The Kier molecular flexibility index (Phi) is 4.01. The quantitative estimate of drug-likeness (QED) is 0.510. The van der Waals surface area contributed by atoms with Crippen molar-refractivity contribution >= 4 is 5.78 Å². The van der Waals surface area contributed by atoms with Crippen LogP contribution < -0.4 is 5.69 Å². The molecular formula is C22H19N5O2. The van der Waals surface area contributed by atoms with Gasteiger partial charge in [-0.3, -0.25) is 9.36 Å². The van der Waals surface area contributed by atoms with Crippen molar-refractivity contribution in [3.63, 3.8) is 0 Å². The van der Waals surface area contributed by atoms with E-state index >= 15 is 0 Å². The van der Waals surface area contributed by atoms with Crippen LogP contribution in [0.4, 0.5) is 0 Å². The van der Waals surface area contributed by atoms with Crippen LogP contribution in [0, 0.1) is 0 Å².